The minimum atomic E-state index is -3.63. The van der Waals surface area contributed by atoms with E-state index in [9.17, 15) is 13.2 Å². The molecule has 0 radical (unpaired) electrons. The van der Waals surface area contributed by atoms with Crippen molar-refractivity contribution in [1.82, 2.24) is 4.31 Å². The Bertz CT molecular complexity index is 909. The van der Waals surface area contributed by atoms with Gasteiger partial charge in [0.2, 0.25) is 15.9 Å². The second kappa shape index (κ2) is 9.29. The SMILES string of the molecule is Cc1ccc(NC(=O)COCc2ccccc2)cc1S(=O)(=O)N1CCOCC1. The second-order valence-corrected chi connectivity index (χ2v) is 8.43. The number of carbonyl (C=O) groups excluding carboxylic acids is 1. The van der Waals surface area contributed by atoms with E-state index in [1.807, 2.05) is 30.3 Å². The summed E-state index contributed by atoms with van der Waals surface area (Å²) in [4.78, 5) is 12.3. The molecule has 2 aromatic rings. The number of morpholine rings is 1. The molecule has 0 atom stereocenters. The second-order valence-electron chi connectivity index (χ2n) is 6.52. The van der Waals surface area contributed by atoms with Gasteiger partial charge < -0.3 is 14.8 Å². The summed E-state index contributed by atoms with van der Waals surface area (Å²) in [6.45, 7) is 3.37. The van der Waals surface area contributed by atoms with Gasteiger partial charge in [-0.25, -0.2) is 8.42 Å². The first-order valence-corrected chi connectivity index (χ1v) is 10.5. The number of amides is 1. The number of nitrogens with zero attached hydrogens (tertiary/aromatic N) is 1. The van der Waals surface area contributed by atoms with Gasteiger partial charge in [-0.1, -0.05) is 36.4 Å². The zero-order valence-corrected chi connectivity index (χ0v) is 16.6. The van der Waals surface area contributed by atoms with Crippen molar-refractivity contribution >= 4 is 21.6 Å². The molecule has 1 heterocycles. The van der Waals surface area contributed by atoms with Gasteiger partial charge in [0.1, 0.15) is 6.61 Å². The van der Waals surface area contributed by atoms with Crippen LogP contribution >= 0.6 is 0 Å². The molecule has 0 aliphatic carbocycles. The number of rotatable bonds is 7. The van der Waals surface area contributed by atoms with Crippen LogP contribution in [0.3, 0.4) is 0 Å². The lowest BCUT2D eigenvalue weighted by Gasteiger charge is -2.26. The summed E-state index contributed by atoms with van der Waals surface area (Å²) in [6.07, 6.45) is 0. The van der Waals surface area contributed by atoms with Crippen molar-refractivity contribution in [3.05, 3.63) is 59.7 Å². The molecule has 0 aromatic heterocycles. The minimum Gasteiger partial charge on any atom is -0.379 e. The van der Waals surface area contributed by atoms with Crippen molar-refractivity contribution in [3.63, 3.8) is 0 Å². The van der Waals surface area contributed by atoms with E-state index in [1.165, 1.54) is 10.4 Å². The molecule has 2 aromatic carbocycles. The molecule has 0 unspecified atom stereocenters. The zero-order valence-electron chi connectivity index (χ0n) is 15.8. The van der Waals surface area contributed by atoms with Gasteiger partial charge in [0, 0.05) is 18.8 Å². The van der Waals surface area contributed by atoms with Gasteiger partial charge in [-0.2, -0.15) is 4.31 Å². The van der Waals surface area contributed by atoms with Crippen molar-refractivity contribution in [2.75, 3.05) is 38.2 Å². The van der Waals surface area contributed by atoms with Crippen LogP contribution in [0.5, 0.6) is 0 Å². The van der Waals surface area contributed by atoms with Crippen molar-refractivity contribution in [1.29, 1.82) is 0 Å². The maximum Gasteiger partial charge on any atom is 0.250 e. The summed E-state index contributed by atoms with van der Waals surface area (Å²) < 4.78 is 37.9. The molecule has 150 valence electrons. The summed E-state index contributed by atoms with van der Waals surface area (Å²) in [5.74, 6) is -0.338. The Hall–Kier alpha value is -2.26. The third kappa shape index (κ3) is 5.17. The number of anilines is 1. The van der Waals surface area contributed by atoms with Crippen LogP contribution in [0.15, 0.2) is 53.4 Å². The Labute approximate surface area is 165 Å². The smallest absolute Gasteiger partial charge is 0.250 e. The highest BCUT2D eigenvalue weighted by molar-refractivity contribution is 7.89. The lowest BCUT2D eigenvalue weighted by molar-refractivity contribution is -0.121. The minimum absolute atomic E-state index is 0.117. The topological polar surface area (TPSA) is 84.9 Å². The summed E-state index contributed by atoms with van der Waals surface area (Å²) in [7, 11) is -3.63. The summed E-state index contributed by atoms with van der Waals surface area (Å²) >= 11 is 0. The molecule has 3 rings (SSSR count). The van der Waals surface area contributed by atoms with Gasteiger partial charge >= 0.3 is 0 Å². The lowest BCUT2D eigenvalue weighted by Crippen LogP contribution is -2.40. The first-order chi connectivity index (χ1) is 13.5. The van der Waals surface area contributed by atoms with Crippen LogP contribution in [0, 0.1) is 6.92 Å². The molecule has 0 saturated carbocycles. The average Bonchev–Trinajstić information content (AvgIpc) is 2.71. The van der Waals surface area contributed by atoms with Gasteiger partial charge in [-0.15, -0.1) is 0 Å². The van der Waals surface area contributed by atoms with Crippen LogP contribution in [0.4, 0.5) is 5.69 Å². The first-order valence-electron chi connectivity index (χ1n) is 9.07. The average molecular weight is 404 g/mol. The fraction of sp³-hybridized carbons (Fsp3) is 0.350. The number of hydrogen-bond donors (Lipinski definition) is 1. The van der Waals surface area contributed by atoms with E-state index in [-0.39, 0.29) is 17.4 Å². The van der Waals surface area contributed by atoms with Crippen LogP contribution in [-0.4, -0.2) is 51.5 Å². The number of nitrogens with one attached hydrogen (secondary N) is 1. The molecule has 1 amide bonds. The van der Waals surface area contributed by atoms with E-state index in [2.05, 4.69) is 5.32 Å². The van der Waals surface area contributed by atoms with Gasteiger partial charge in [-0.3, -0.25) is 4.79 Å². The molecule has 0 spiro atoms. The Kier molecular flexibility index (Phi) is 6.79. The van der Waals surface area contributed by atoms with E-state index in [0.29, 0.717) is 44.2 Å². The van der Waals surface area contributed by atoms with Crippen LogP contribution in [-0.2, 0) is 30.9 Å². The summed E-state index contributed by atoms with van der Waals surface area (Å²) in [5.41, 5.74) is 2.03. The monoisotopic (exact) mass is 404 g/mol. The summed E-state index contributed by atoms with van der Waals surface area (Å²) in [6, 6.07) is 14.4. The van der Waals surface area contributed by atoms with Crippen molar-refractivity contribution in [3.8, 4) is 0 Å². The maximum absolute atomic E-state index is 12.9. The van der Waals surface area contributed by atoms with E-state index in [4.69, 9.17) is 9.47 Å². The third-order valence-corrected chi connectivity index (χ3v) is 6.45. The predicted molar refractivity (Wildman–Crippen MR) is 105 cm³/mol. The van der Waals surface area contributed by atoms with Crippen LogP contribution in [0.25, 0.3) is 0 Å². The van der Waals surface area contributed by atoms with Crippen LogP contribution in [0.1, 0.15) is 11.1 Å². The Morgan fingerprint density at radius 1 is 1.14 bits per heavy atom. The molecule has 1 aliphatic rings. The van der Waals surface area contributed by atoms with Gasteiger partial charge in [-0.05, 0) is 30.2 Å². The van der Waals surface area contributed by atoms with Gasteiger partial charge in [0.15, 0.2) is 0 Å². The number of hydrogen-bond acceptors (Lipinski definition) is 5. The van der Waals surface area contributed by atoms with Gasteiger partial charge in [0.25, 0.3) is 0 Å². The number of carbonyl (C=O) groups is 1. The Morgan fingerprint density at radius 3 is 2.57 bits per heavy atom. The highest BCUT2D eigenvalue weighted by Gasteiger charge is 2.28. The summed E-state index contributed by atoms with van der Waals surface area (Å²) in [5, 5.41) is 2.70. The Balaban J connectivity index is 1.63. The van der Waals surface area contributed by atoms with E-state index in [0.717, 1.165) is 5.56 Å². The fourth-order valence-corrected chi connectivity index (χ4v) is 4.57. The molecule has 1 aliphatic heterocycles. The highest BCUT2D eigenvalue weighted by Crippen LogP contribution is 2.24. The molecule has 1 N–H and O–H groups in total. The molecular weight excluding hydrogens is 380 g/mol. The van der Waals surface area contributed by atoms with Crippen LogP contribution < -0.4 is 5.32 Å². The third-order valence-electron chi connectivity index (χ3n) is 4.40. The normalized spacial score (nSPS) is 15.3. The quantitative estimate of drug-likeness (QED) is 0.765. The van der Waals surface area contributed by atoms with E-state index in [1.54, 1.807) is 19.1 Å². The molecule has 0 bridgehead atoms. The highest BCUT2D eigenvalue weighted by atomic mass is 32.2. The Morgan fingerprint density at radius 2 is 1.86 bits per heavy atom. The van der Waals surface area contributed by atoms with Crippen molar-refractivity contribution in [2.45, 2.75) is 18.4 Å². The number of benzene rings is 2. The van der Waals surface area contributed by atoms with Crippen molar-refractivity contribution in [2.24, 2.45) is 0 Å². The van der Waals surface area contributed by atoms with Crippen molar-refractivity contribution < 1.29 is 22.7 Å². The first kappa shape index (κ1) is 20.5. The molecule has 7 nitrogen and oxygen atoms in total. The zero-order chi connectivity index (χ0) is 20.0. The molecule has 8 heteroatoms. The molecule has 28 heavy (non-hydrogen) atoms. The molecule has 1 fully saturated rings. The number of aryl methyl sites for hydroxylation is 1. The number of ether oxygens (including phenoxy) is 2. The van der Waals surface area contributed by atoms with E-state index < -0.39 is 10.0 Å². The maximum atomic E-state index is 12.9. The standard InChI is InChI=1S/C20H24N2O5S/c1-16-7-8-18(13-19(16)28(24,25)22-9-11-26-12-10-22)21-20(23)15-27-14-17-5-3-2-4-6-17/h2-8,13H,9-12,14-15H2,1H3,(H,21,23). The largest absolute Gasteiger partial charge is 0.379 e. The molecular formula is C20H24N2O5S. The van der Waals surface area contributed by atoms with E-state index >= 15 is 0 Å². The number of sulfonamides is 1. The van der Waals surface area contributed by atoms with Crippen LogP contribution in [0.2, 0.25) is 0 Å². The lowest BCUT2D eigenvalue weighted by atomic mass is 10.2. The predicted octanol–water partition coefficient (Wildman–Crippen LogP) is 2.17. The molecule has 1 saturated heterocycles. The van der Waals surface area contributed by atoms with Gasteiger partial charge in [0.05, 0.1) is 24.7 Å². The fourth-order valence-electron chi connectivity index (χ4n) is 2.91.